The van der Waals surface area contributed by atoms with E-state index in [0.717, 1.165) is 0 Å². The van der Waals surface area contributed by atoms with E-state index in [4.69, 9.17) is 0 Å². The molecule has 0 amide bonds. The van der Waals surface area contributed by atoms with Gasteiger partial charge in [-0.3, -0.25) is 9.41 Å². The maximum absolute atomic E-state index is 0. The summed E-state index contributed by atoms with van der Waals surface area (Å²) in [5.74, 6) is 0. The minimum atomic E-state index is 0. The monoisotopic (exact) mass is 228 g/mol. The molecule has 0 rings (SSSR count). The Balaban J connectivity index is 0. The molecule has 8 heavy (non-hydrogen) atoms. The second-order valence-corrected chi connectivity index (χ2v) is 0. The summed E-state index contributed by atoms with van der Waals surface area (Å²) in [5.41, 5.74) is 0. The average molecular weight is 228 g/mol. The summed E-state index contributed by atoms with van der Waals surface area (Å²) in [6.07, 6.45) is 0. The molecule has 56 valence electrons. The van der Waals surface area contributed by atoms with E-state index in [2.05, 4.69) is 0 Å². The topological polar surface area (TPSA) is 0 Å². The molecule has 0 bridgehead atoms. The Kier molecular flexibility index (Phi) is 3910000. The Morgan fingerprint density at radius 3 is 0.375 bits per heavy atom. The molecule has 0 N–H and O–H groups in total. The fraction of sp³-hybridized carbons (Fsp3) is 0. The zero-order chi connectivity index (χ0) is 0. The van der Waals surface area contributed by atoms with Gasteiger partial charge in [0.2, 0.25) is 0 Å². The molecule has 0 aliphatic heterocycles. The summed E-state index contributed by atoms with van der Waals surface area (Å²) < 4.78 is 0. The zero-order valence-corrected chi connectivity index (χ0v) is 5.35. The van der Waals surface area contributed by atoms with Crippen LogP contribution in [-0.2, 0) is 22.4 Å². The maximum Gasteiger partial charge on any atom is 5.00 e. The minimum absolute atomic E-state index is 0. The molecule has 8 heteroatoms. The molecule has 0 heterocycles. The standard InChI is InChI=1S/7FH.Nb/h7*1H;/q;;;;;;;+5/p-5. The van der Waals surface area contributed by atoms with Crippen LogP contribution in [0.3, 0.4) is 0 Å². The SMILES string of the molecule is F.F.[F-].[F-].[F-].[F-].[F-].[Nb+5]. The van der Waals surface area contributed by atoms with Gasteiger partial charge in [-0.15, -0.1) is 0 Å². The van der Waals surface area contributed by atoms with Gasteiger partial charge >= 0.3 is 22.4 Å². The molecule has 0 aliphatic rings. The molecule has 0 saturated heterocycles. The van der Waals surface area contributed by atoms with Gasteiger partial charge in [-0.25, -0.2) is 0 Å². The quantitative estimate of drug-likeness (QED) is 0.285. The number of halogens is 7. The number of hydrogen-bond acceptors (Lipinski definition) is 0. The van der Waals surface area contributed by atoms with E-state index in [1.165, 1.54) is 0 Å². The molecule has 0 saturated carbocycles. The van der Waals surface area contributed by atoms with Crippen LogP contribution in [0.25, 0.3) is 0 Å². The number of hydrogen-bond donors (Lipinski definition) is 0. The summed E-state index contributed by atoms with van der Waals surface area (Å²) in [6.45, 7) is 0. The van der Waals surface area contributed by atoms with Crippen LogP contribution in [-0.4, -0.2) is 0 Å². The van der Waals surface area contributed by atoms with E-state index >= 15 is 0 Å². The first kappa shape index (κ1) is 6920. The zero-order valence-electron chi connectivity index (χ0n) is 3.15. The van der Waals surface area contributed by atoms with Gasteiger partial charge in [0, 0.05) is 0 Å². The Bertz CT molecular complexity index is 4.35. The smallest absolute Gasteiger partial charge is 1.00 e. The fourth-order valence-corrected chi connectivity index (χ4v) is 0. The Morgan fingerprint density at radius 2 is 0.375 bits per heavy atom. The molecule has 0 atom stereocenters. The first-order valence-corrected chi connectivity index (χ1v) is 0. The first-order valence-electron chi connectivity index (χ1n) is 0. The van der Waals surface area contributed by atoms with Crippen LogP contribution < -0.4 is 23.5 Å². The van der Waals surface area contributed by atoms with Crippen molar-refractivity contribution in [2.45, 2.75) is 0 Å². The van der Waals surface area contributed by atoms with Gasteiger partial charge < -0.3 is 23.5 Å². The predicted octanol–water partition coefficient (Wildman–Crippen LogP) is -14.7. The molecular formula is H2F7Nb. The molecule has 0 unspecified atom stereocenters. The van der Waals surface area contributed by atoms with Crippen LogP contribution in [0.2, 0.25) is 0 Å². The van der Waals surface area contributed by atoms with Crippen molar-refractivity contribution in [3.63, 3.8) is 0 Å². The van der Waals surface area contributed by atoms with Crippen molar-refractivity contribution in [1.82, 2.24) is 0 Å². The van der Waals surface area contributed by atoms with E-state index in [9.17, 15) is 0 Å². The summed E-state index contributed by atoms with van der Waals surface area (Å²) >= 11 is 0. The van der Waals surface area contributed by atoms with Gasteiger partial charge in [0.25, 0.3) is 0 Å². The van der Waals surface area contributed by atoms with Crippen molar-refractivity contribution in [2.24, 2.45) is 0 Å². The molecular weight excluding hydrogens is 226 g/mol. The van der Waals surface area contributed by atoms with Crippen molar-refractivity contribution in [1.29, 1.82) is 0 Å². The fourth-order valence-electron chi connectivity index (χ4n) is 0. The van der Waals surface area contributed by atoms with E-state index in [1.54, 1.807) is 0 Å². The third-order valence-electron chi connectivity index (χ3n) is 0. The van der Waals surface area contributed by atoms with E-state index in [0.29, 0.717) is 0 Å². The van der Waals surface area contributed by atoms with Crippen LogP contribution in [0.15, 0.2) is 0 Å². The van der Waals surface area contributed by atoms with Crippen LogP contribution in [0.1, 0.15) is 0 Å². The Hall–Kier alpha value is 0.250. The van der Waals surface area contributed by atoms with Crippen LogP contribution in [0.4, 0.5) is 9.41 Å². The second-order valence-electron chi connectivity index (χ2n) is 0. The molecule has 0 aliphatic carbocycles. The molecule has 0 nitrogen and oxygen atoms in total. The molecule has 0 aromatic carbocycles. The van der Waals surface area contributed by atoms with Crippen LogP contribution in [0.5, 0.6) is 0 Å². The van der Waals surface area contributed by atoms with Gasteiger partial charge in [0.15, 0.2) is 0 Å². The summed E-state index contributed by atoms with van der Waals surface area (Å²) in [7, 11) is 0. The molecule has 0 aromatic heterocycles. The van der Waals surface area contributed by atoms with Crippen molar-refractivity contribution >= 4 is 0 Å². The Labute approximate surface area is 56.1 Å². The van der Waals surface area contributed by atoms with Crippen molar-refractivity contribution in [2.75, 3.05) is 0 Å². The second kappa shape index (κ2) is 4520. The molecule has 0 radical (unpaired) electrons. The van der Waals surface area contributed by atoms with E-state index < -0.39 is 0 Å². The van der Waals surface area contributed by atoms with Gasteiger partial charge in [0.1, 0.15) is 0 Å². The third-order valence-corrected chi connectivity index (χ3v) is 0. The molecule has 0 aromatic rings. The predicted molar refractivity (Wildman–Crippen MR) is 5.01 cm³/mol. The maximum atomic E-state index is 0. The van der Waals surface area contributed by atoms with Crippen molar-refractivity contribution in [3.05, 3.63) is 0 Å². The Morgan fingerprint density at radius 1 is 0.375 bits per heavy atom. The molecule has 0 spiro atoms. The normalized spacial score (nSPS) is 0. The van der Waals surface area contributed by atoms with Gasteiger partial charge in [0.05, 0.1) is 0 Å². The first-order chi connectivity index (χ1) is 0. The van der Waals surface area contributed by atoms with Crippen molar-refractivity contribution in [3.8, 4) is 0 Å². The largest absolute Gasteiger partial charge is 5.00 e. The number of rotatable bonds is 0. The van der Waals surface area contributed by atoms with Crippen LogP contribution >= 0.6 is 0 Å². The molecule has 0 fully saturated rings. The van der Waals surface area contributed by atoms with Crippen molar-refractivity contribution < 1.29 is 55.3 Å². The van der Waals surface area contributed by atoms with Gasteiger partial charge in [-0.2, -0.15) is 0 Å². The van der Waals surface area contributed by atoms with Crippen LogP contribution in [0, 0.1) is 0 Å². The van der Waals surface area contributed by atoms with E-state index in [1.807, 2.05) is 0 Å². The average Bonchev–Trinajstić information content (AvgIpc) is 0. The van der Waals surface area contributed by atoms with Gasteiger partial charge in [-0.05, 0) is 0 Å². The summed E-state index contributed by atoms with van der Waals surface area (Å²) in [5, 5.41) is 0. The summed E-state index contributed by atoms with van der Waals surface area (Å²) in [6, 6.07) is 0. The van der Waals surface area contributed by atoms with E-state index in [-0.39, 0.29) is 55.3 Å². The summed E-state index contributed by atoms with van der Waals surface area (Å²) in [4.78, 5) is 0. The minimum Gasteiger partial charge on any atom is -1.00 e. The van der Waals surface area contributed by atoms with Gasteiger partial charge in [-0.1, -0.05) is 0 Å². The third kappa shape index (κ3) is 2750.